The quantitative estimate of drug-likeness (QED) is 0.169. The van der Waals surface area contributed by atoms with E-state index >= 15 is 0 Å². The molecular formula is C60H33B4N3OS2. The zero-order valence-corrected chi connectivity index (χ0v) is 39.1. The maximum absolute atomic E-state index is 7.53. The van der Waals surface area contributed by atoms with Crippen LogP contribution in [0.2, 0.25) is 0 Å². The Morgan fingerprint density at radius 2 is 0.729 bits per heavy atom. The molecule has 4 nitrogen and oxygen atoms in total. The van der Waals surface area contributed by atoms with Crippen LogP contribution in [-0.4, -0.2) is 26.9 Å². The van der Waals surface area contributed by atoms with Gasteiger partial charge in [0.2, 0.25) is 13.4 Å². The summed E-state index contributed by atoms with van der Waals surface area (Å²) in [5, 5.41) is 0. The van der Waals surface area contributed by atoms with Crippen LogP contribution in [0, 0.1) is 0 Å². The Morgan fingerprint density at radius 3 is 1.29 bits per heavy atom. The van der Waals surface area contributed by atoms with E-state index in [0.717, 1.165) is 22.9 Å². The van der Waals surface area contributed by atoms with Gasteiger partial charge in [-0.1, -0.05) is 168 Å². The Kier molecular flexibility index (Phi) is 7.01. The number of hydrogen-bond acceptors (Lipinski definition) is 6. The van der Waals surface area contributed by atoms with Crippen molar-refractivity contribution in [3.05, 3.63) is 200 Å². The first-order valence-electron chi connectivity index (χ1n) is 24.4. The second-order valence-corrected chi connectivity index (χ2v) is 21.9. The van der Waals surface area contributed by atoms with E-state index in [1.807, 2.05) is 23.5 Å². The highest BCUT2D eigenvalue weighted by atomic mass is 32.2. The molecule has 10 aromatic rings. The van der Waals surface area contributed by atoms with Crippen molar-refractivity contribution < 1.29 is 4.74 Å². The number of para-hydroxylation sites is 5. The zero-order valence-electron chi connectivity index (χ0n) is 37.4. The van der Waals surface area contributed by atoms with Crippen molar-refractivity contribution in [1.82, 2.24) is 0 Å². The second-order valence-electron chi connectivity index (χ2n) is 19.8. The standard InChI is InChI=1S/C60H33B4N3OS2/c1-2-16-34(17-3-1)65-47-31-49-42(64-38-21-7-13-27-46(38)67-44-25-11-5-19-36(44)62-40-23-9-15-29-52(40)70-54-33-50(68-49)56(64)60(67)58(54)62)30-41(47)63-37-20-6-12-26-45(37)66-43-24-10-4-18-35(43)61-39-22-8-14-28-51(39)69-53-32-48(65)55(63)59(66)57(53)61/h1-33H. The van der Waals surface area contributed by atoms with Gasteiger partial charge in [-0.2, -0.15) is 0 Å². The van der Waals surface area contributed by atoms with Crippen molar-refractivity contribution in [2.45, 2.75) is 19.6 Å². The van der Waals surface area contributed by atoms with E-state index in [4.69, 9.17) is 4.74 Å². The summed E-state index contributed by atoms with van der Waals surface area (Å²) >= 11 is 3.82. The molecule has 0 N–H and O–H groups in total. The van der Waals surface area contributed by atoms with Crippen LogP contribution in [0.15, 0.2) is 220 Å². The average Bonchev–Trinajstić information content (AvgIpc) is 3.42. The first-order valence-corrected chi connectivity index (χ1v) is 26.0. The number of benzene rings is 10. The van der Waals surface area contributed by atoms with Gasteiger partial charge in [0.05, 0.1) is 0 Å². The van der Waals surface area contributed by atoms with Crippen molar-refractivity contribution in [2.24, 2.45) is 0 Å². The van der Waals surface area contributed by atoms with Crippen LogP contribution in [0.4, 0.5) is 51.2 Å². The lowest BCUT2D eigenvalue weighted by molar-refractivity contribution is 0.486. The average molecular weight is 919 g/mol. The molecule has 0 saturated heterocycles. The normalized spacial score (nSPS) is 15.2. The van der Waals surface area contributed by atoms with Gasteiger partial charge in [-0.25, -0.2) is 0 Å². The molecule has 10 aromatic carbocycles. The van der Waals surface area contributed by atoms with Crippen molar-refractivity contribution in [3.8, 4) is 11.5 Å². The predicted molar refractivity (Wildman–Crippen MR) is 297 cm³/mol. The van der Waals surface area contributed by atoms with Crippen molar-refractivity contribution in [1.29, 1.82) is 0 Å². The van der Waals surface area contributed by atoms with Gasteiger partial charge < -0.3 is 19.4 Å². The van der Waals surface area contributed by atoms with Gasteiger partial charge in [0.1, 0.15) is 11.5 Å². The summed E-state index contributed by atoms with van der Waals surface area (Å²) in [5.74, 6) is 1.88. The molecule has 0 unspecified atom stereocenters. The van der Waals surface area contributed by atoms with Crippen LogP contribution in [-0.2, 0) is 0 Å². The van der Waals surface area contributed by atoms with Gasteiger partial charge in [0, 0.05) is 76.8 Å². The topological polar surface area (TPSA) is 19.0 Å². The summed E-state index contributed by atoms with van der Waals surface area (Å²) in [4.78, 5) is 13.0. The lowest BCUT2D eigenvalue weighted by atomic mass is 9.28. The van der Waals surface area contributed by atoms with E-state index in [-0.39, 0.29) is 26.9 Å². The number of ether oxygens (including phenoxy) is 1. The van der Waals surface area contributed by atoms with E-state index in [1.165, 1.54) is 125 Å². The van der Waals surface area contributed by atoms with Gasteiger partial charge in [-0.05, 0) is 115 Å². The van der Waals surface area contributed by atoms with Crippen molar-refractivity contribution in [2.75, 3.05) is 14.7 Å². The van der Waals surface area contributed by atoms with Crippen molar-refractivity contribution >= 4 is 167 Å². The fourth-order valence-corrected chi connectivity index (χ4v) is 16.4. The largest absolute Gasteiger partial charge is 0.458 e. The fourth-order valence-electron chi connectivity index (χ4n) is 14.1. The molecular weight excluding hydrogens is 886 g/mol. The monoisotopic (exact) mass is 919 g/mol. The van der Waals surface area contributed by atoms with Crippen LogP contribution in [0.5, 0.6) is 11.5 Å². The summed E-state index contributed by atoms with van der Waals surface area (Å²) < 4.78 is 7.53. The summed E-state index contributed by atoms with van der Waals surface area (Å²) in [6.45, 7) is 0.169. The van der Waals surface area contributed by atoms with Crippen LogP contribution >= 0.6 is 23.5 Å². The van der Waals surface area contributed by atoms with Crippen molar-refractivity contribution in [3.63, 3.8) is 0 Å². The van der Waals surface area contributed by atoms with Crippen LogP contribution in [0.25, 0.3) is 0 Å². The minimum absolute atomic E-state index is 0.0288. The summed E-state index contributed by atoms with van der Waals surface area (Å²) in [6, 6.07) is 75.8. The first kappa shape index (κ1) is 37.3. The molecule has 8 aliphatic rings. The number of nitrogens with zero attached hydrogens (tertiary/aromatic N) is 3. The third-order valence-corrected chi connectivity index (χ3v) is 18.9. The van der Waals surface area contributed by atoms with E-state index in [1.54, 1.807) is 0 Å². The molecule has 0 amide bonds. The molecule has 0 spiro atoms. The zero-order chi connectivity index (χ0) is 45.1. The lowest BCUT2D eigenvalue weighted by Gasteiger charge is -2.50. The molecule has 0 saturated carbocycles. The lowest BCUT2D eigenvalue weighted by Crippen LogP contribution is -2.69. The van der Waals surface area contributed by atoms with Gasteiger partial charge in [0.15, 0.2) is 0 Å². The highest BCUT2D eigenvalue weighted by Crippen LogP contribution is 2.51. The van der Waals surface area contributed by atoms with Gasteiger partial charge >= 0.3 is 0 Å². The van der Waals surface area contributed by atoms with Crippen LogP contribution in [0.3, 0.4) is 0 Å². The third kappa shape index (κ3) is 4.46. The Bertz CT molecular complexity index is 4090. The number of rotatable bonds is 1. The van der Waals surface area contributed by atoms with Gasteiger partial charge in [-0.15, -0.1) is 0 Å². The minimum atomic E-state index is -0.0437. The molecule has 8 aliphatic heterocycles. The molecule has 70 heavy (non-hydrogen) atoms. The van der Waals surface area contributed by atoms with E-state index in [0.29, 0.717) is 0 Å². The first-order chi connectivity index (χ1) is 34.8. The molecule has 8 heterocycles. The highest BCUT2D eigenvalue weighted by molar-refractivity contribution is 8.00. The fraction of sp³-hybridized carbons (Fsp3) is 0. The molecule has 18 rings (SSSR count). The Morgan fingerprint density at radius 1 is 0.286 bits per heavy atom. The maximum atomic E-state index is 7.53. The predicted octanol–water partition coefficient (Wildman–Crippen LogP) is 6.76. The molecule has 0 fully saturated rings. The number of anilines is 9. The third-order valence-electron chi connectivity index (χ3n) is 16.6. The Balaban J connectivity index is 0.939. The highest BCUT2D eigenvalue weighted by Gasteiger charge is 2.53. The molecule has 0 aliphatic carbocycles. The molecule has 318 valence electrons. The Labute approximate surface area is 415 Å². The van der Waals surface area contributed by atoms with Gasteiger partial charge in [-0.3, -0.25) is 0 Å². The number of fused-ring (bicyclic) bond motifs is 20. The molecule has 0 aromatic heterocycles. The smallest absolute Gasteiger partial charge is 0.256 e. The van der Waals surface area contributed by atoms with E-state index in [9.17, 15) is 0 Å². The SMILES string of the molecule is c1ccc(N2c3cc4c(cc3B3c5ccccc5N5c6ccccc6B6c7ccccc7Sc7cc2c3c5c76)B2c3ccccc3N3c5ccccc5B5c6ccccc6Sc6cc(c2c3c65)O4)cc1. The summed E-state index contributed by atoms with van der Waals surface area (Å²) in [5.41, 5.74) is 27.3. The summed E-state index contributed by atoms with van der Waals surface area (Å²) in [6.07, 6.45) is 0. The maximum Gasteiger partial charge on any atom is 0.256 e. The minimum Gasteiger partial charge on any atom is -0.458 e. The number of hydrogen-bond donors (Lipinski definition) is 0. The summed E-state index contributed by atoms with van der Waals surface area (Å²) in [7, 11) is 0. The van der Waals surface area contributed by atoms with Gasteiger partial charge in [0.25, 0.3) is 13.4 Å². The van der Waals surface area contributed by atoms with Crippen LogP contribution < -0.4 is 85.0 Å². The van der Waals surface area contributed by atoms with E-state index < -0.39 is 0 Å². The Hall–Kier alpha value is -7.64. The second kappa shape index (κ2) is 13.2. The molecule has 0 atom stereocenters. The molecule has 0 bridgehead atoms. The van der Waals surface area contributed by atoms with E-state index in [2.05, 4.69) is 215 Å². The molecule has 10 heteroatoms. The van der Waals surface area contributed by atoms with Crippen LogP contribution in [0.1, 0.15) is 0 Å². The molecule has 0 radical (unpaired) electrons.